The van der Waals surface area contributed by atoms with E-state index < -0.39 is 0 Å². The number of hydrogen-bond acceptors (Lipinski definition) is 4. The summed E-state index contributed by atoms with van der Waals surface area (Å²) >= 11 is 0. The third-order valence-corrected chi connectivity index (χ3v) is 4.17. The first-order chi connectivity index (χ1) is 10.8. The molecule has 2 aliphatic rings. The Morgan fingerprint density at radius 2 is 2.32 bits per heavy atom. The Labute approximate surface area is 131 Å². The molecule has 1 aliphatic carbocycles. The normalized spacial score (nSPS) is 20.8. The number of aromatic nitrogens is 1. The molecule has 2 heterocycles. The van der Waals surface area contributed by atoms with E-state index in [0.717, 1.165) is 38.0 Å². The number of rotatable bonds is 8. The number of hydrogen-bond donors (Lipinski definition) is 1. The predicted molar refractivity (Wildman–Crippen MR) is 82.5 cm³/mol. The Bertz CT molecular complexity index is 496. The maximum atomic E-state index is 11.9. The molecule has 1 saturated carbocycles. The molecule has 0 bridgehead atoms. The molecule has 2 fully saturated rings. The molecule has 1 aromatic rings. The molecule has 120 valence electrons. The molecule has 1 aliphatic heterocycles. The minimum atomic E-state index is 0.0766. The van der Waals surface area contributed by atoms with Gasteiger partial charge in [0, 0.05) is 31.8 Å². The summed E-state index contributed by atoms with van der Waals surface area (Å²) < 4.78 is 11.2. The van der Waals surface area contributed by atoms with E-state index in [1.807, 2.05) is 12.1 Å². The Morgan fingerprint density at radius 1 is 1.41 bits per heavy atom. The van der Waals surface area contributed by atoms with Gasteiger partial charge in [-0.3, -0.25) is 4.79 Å². The number of carbonyl (C=O) groups is 1. The van der Waals surface area contributed by atoms with Crippen LogP contribution in [-0.2, 0) is 16.1 Å². The zero-order valence-corrected chi connectivity index (χ0v) is 12.9. The third kappa shape index (κ3) is 4.98. The fourth-order valence-corrected chi connectivity index (χ4v) is 2.58. The van der Waals surface area contributed by atoms with E-state index in [2.05, 4.69) is 10.3 Å². The number of pyridine rings is 1. The number of nitrogens with zero attached hydrogens (tertiary/aromatic N) is 1. The lowest BCUT2D eigenvalue weighted by atomic mass is 10.1. The topological polar surface area (TPSA) is 60.5 Å². The first-order valence-electron chi connectivity index (χ1n) is 8.25. The third-order valence-electron chi connectivity index (χ3n) is 4.17. The number of ether oxygens (including phenoxy) is 2. The highest BCUT2D eigenvalue weighted by atomic mass is 16.5. The number of nitrogens with one attached hydrogen (secondary N) is 1. The highest BCUT2D eigenvalue weighted by molar-refractivity contribution is 5.75. The average molecular weight is 304 g/mol. The molecular weight excluding hydrogens is 280 g/mol. The van der Waals surface area contributed by atoms with E-state index in [1.165, 1.54) is 12.8 Å². The molecule has 0 unspecified atom stereocenters. The molecule has 1 aromatic heterocycles. The van der Waals surface area contributed by atoms with Crippen LogP contribution in [0.15, 0.2) is 18.3 Å². The second-order valence-electron chi connectivity index (χ2n) is 6.21. The largest absolute Gasteiger partial charge is 0.477 e. The lowest BCUT2D eigenvalue weighted by molar-refractivity contribution is -0.121. The lowest BCUT2D eigenvalue weighted by Crippen LogP contribution is -2.24. The molecule has 0 aromatic carbocycles. The first kappa shape index (κ1) is 15.3. The summed E-state index contributed by atoms with van der Waals surface area (Å²) in [5, 5.41) is 2.95. The molecule has 0 spiro atoms. The second-order valence-corrected chi connectivity index (χ2v) is 6.21. The minimum absolute atomic E-state index is 0.0766. The molecule has 5 nitrogen and oxygen atoms in total. The van der Waals surface area contributed by atoms with Crippen LogP contribution in [0.3, 0.4) is 0 Å². The molecule has 0 radical (unpaired) electrons. The summed E-state index contributed by atoms with van der Waals surface area (Å²) in [5.74, 6) is 1.44. The molecule has 1 N–H and O–H groups in total. The van der Waals surface area contributed by atoms with E-state index in [9.17, 15) is 4.79 Å². The van der Waals surface area contributed by atoms with Crippen LogP contribution in [0.2, 0.25) is 0 Å². The SMILES string of the molecule is O=C(CC[C@@H]1CCCO1)NCc1ccnc(OCC2CC2)c1. The second kappa shape index (κ2) is 7.58. The van der Waals surface area contributed by atoms with Crippen molar-refractivity contribution in [2.45, 2.75) is 51.2 Å². The van der Waals surface area contributed by atoms with Gasteiger partial charge in [0.1, 0.15) is 0 Å². The van der Waals surface area contributed by atoms with Gasteiger partial charge in [-0.15, -0.1) is 0 Å². The summed E-state index contributed by atoms with van der Waals surface area (Å²) in [7, 11) is 0. The van der Waals surface area contributed by atoms with Crippen molar-refractivity contribution in [2.24, 2.45) is 5.92 Å². The maximum Gasteiger partial charge on any atom is 0.220 e. The van der Waals surface area contributed by atoms with Crippen LogP contribution in [0.1, 0.15) is 44.1 Å². The number of carbonyl (C=O) groups excluding carboxylic acids is 1. The minimum Gasteiger partial charge on any atom is -0.477 e. The quantitative estimate of drug-likeness (QED) is 0.801. The lowest BCUT2D eigenvalue weighted by Gasteiger charge is -2.10. The van der Waals surface area contributed by atoms with Crippen molar-refractivity contribution in [3.05, 3.63) is 23.9 Å². The fourth-order valence-electron chi connectivity index (χ4n) is 2.58. The van der Waals surface area contributed by atoms with Gasteiger partial charge in [-0.1, -0.05) is 0 Å². The van der Waals surface area contributed by atoms with Gasteiger partial charge in [-0.2, -0.15) is 0 Å². The van der Waals surface area contributed by atoms with Crippen molar-refractivity contribution >= 4 is 5.91 Å². The molecule has 5 heteroatoms. The van der Waals surface area contributed by atoms with E-state index in [-0.39, 0.29) is 12.0 Å². The van der Waals surface area contributed by atoms with E-state index in [0.29, 0.717) is 24.8 Å². The highest BCUT2D eigenvalue weighted by Gasteiger charge is 2.22. The number of amides is 1. The van der Waals surface area contributed by atoms with Gasteiger partial charge in [0.15, 0.2) is 0 Å². The van der Waals surface area contributed by atoms with Crippen molar-refractivity contribution in [2.75, 3.05) is 13.2 Å². The summed E-state index contributed by atoms with van der Waals surface area (Å²) in [6.45, 7) is 2.11. The summed E-state index contributed by atoms with van der Waals surface area (Å²) in [5.41, 5.74) is 1.02. The van der Waals surface area contributed by atoms with Gasteiger partial charge >= 0.3 is 0 Å². The molecule has 1 saturated heterocycles. The van der Waals surface area contributed by atoms with Gasteiger partial charge in [-0.25, -0.2) is 4.98 Å². The molecule has 22 heavy (non-hydrogen) atoms. The standard InChI is InChI=1S/C17H24N2O3/c20-16(6-5-15-2-1-9-21-15)19-11-14-7-8-18-17(10-14)22-12-13-3-4-13/h7-8,10,13,15H,1-6,9,11-12H2,(H,19,20)/t15-/m0/s1. The molecule has 1 atom stereocenters. The van der Waals surface area contributed by atoms with Crippen LogP contribution >= 0.6 is 0 Å². The molecular formula is C17H24N2O3. The molecule has 1 amide bonds. The Kier molecular flexibility index (Phi) is 5.27. The van der Waals surface area contributed by atoms with Crippen molar-refractivity contribution in [3.8, 4) is 5.88 Å². The van der Waals surface area contributed by atoms with E-state index in [4.69, 9.17) is 9.47 Å². The van der Waals surface area contributed by atoms with Gasteiger partial charge in [0.2, 0.25) is 11.8 Å². The van der Waals surface area contributed by atoms with Gasteiger partial charge in [-0.05, 0) is 49.7 Å². The zero-order chi connectivity index (χ0) is 15.2. The van der Waals surface area contributed by atoms with Gasteiger partial charge in [0.05, 0.1) is 12.7 Å². The van der Waals surface area contributed by atoms with Crippen molar-refractivity contribution in [1.29, 1.82) is 0 Å². The van der Waals surface area contributed by atoms with Crippen LogP contribution in [0.25, 0.3) is 0 Å². The van der Waals surface area contributed by atoms with Gasteiger partial charge in [0.25, 0.3) is 0 Å². The van der Waals surface area contributed by atoms with Crippen molar-refractivity contribution < 1.29 is 14.3 Å². The first-order valence-corrected chi connectivity index (χ1v) is 8.25. The maximum absolute atomic E-state index is 11.9. The molecule has 3 rings (SSSR count). The van der Waals surface area contributed by atoms with Gasteiger partial charge < -0.3 is 14.8 Å². The predicted octanol–water partition coefficient (Wildman–Crippen LogP) is 2.45. The summed E-state index contributed by atoms with van der Waals surface area (Å²) in [6.07, 6.45) is 8.08. The average Bonchev–Trinajstić information content (AvgIpc) is 3.23. The van der Waals surface area contributed by atoms with Crippen LogP contribution in [0.5, 0.6) is 5.88 Å². The summed E-state index contributed by atoms with van der Waals surface area (Å²) in [6, 6.07) is 3.81. The van der Waals surface area contributed by atoms with Crippen molar-refractivity contribution in [3.63, 3.8) is 0 Å². The van der Waals surface area contributed by atoms with E-state index in [1.54, 1.807) is 6.20 Å². The smallest absolute Gasteiger partial charge is 0.220 e. The summed E-state index contributed by atoms with van der Waals surface area (Å²) in [4.78, 5) is 16.1. The Morgan fingerprint density at radius 3 is 3.09 bits per heavy atom. The monoisotopic (exact) mass is 304 g/mol. The van der Waals surface area contributed by atoms with Crippen LogP contribution in [-0.4, -0.2) is 30.2 Å². The zero-order valence-electron chi connectivity index (χ0n) is 12.9. The van der Waals surface area contributed by atoms with Crippen molar-refractivity contribution in [1.82, 2.24) is 10.3 Å². The van der Waals surface area contributed by atoms with Crippen LogP contribution in [0.4, 0.5) is 0 Å². The Balaban J connectivity index is 1.37. The Hall–Kier alpha value is -1.62. The highest BCUT2D eigenvalue weighted by Crippen LogP contribution is 2.29. The fraction of sp³-hybridized carbons (Fsp3) is 0.647. The van der Waals surface area contributed by atoms with E-state index >= 15 is 0 Å². The van der Waals surface area contributed by atoms with Crippen LogP contribution < -0.4 is 10.1 Å². The van der Waals surface area contributed by atoms with Crippen LogP contribution in [0, 0.1) is 5.92 Å².